The van der Waals surface area contributed by atoms with Crippen LogP contribution in [0.25, 0.3) is 10.4 Å². The number of carbonyl (C=O) groups excluding carboxylic acids is 2. The second-order valence-corrected chi connectivity index (χ2v) is 12.8. The average molecular weight is 695 g/mol. The van der Waals surface area contributed by atoms with Crippen LogP contribution in [0.4, 0.5) is 5.13 Å². The third kappa shape index (κ3) is 6.46. The van der Waals surface area contributed by atoms with Crippen molar-refractivity contribution in [2.45, 2.75) is 23.9 Å². The molecule has 1 fully saturated rings. The lowest BCUT2D eigenvalue weighted by Gasteiger charge is -2.49. The molecule has 0 radical (unpaired) electrons. The Bertz CT molecular complexity index is 1870. The highest BCUT2D eigenvalue weighted by Crippen LogP contribution is 2.42. The number of fused-ring (bicyclic) bond motifs is 1. The van der Waals surface area contributed by atoms with E-state index in [1.165, 1.54) is 23.1 Å². The summed E-state index contributed by atoms with van der Waals surface area (Å²) in [5.41, 5.74) is 10.9. The standard InChI is InChI=1S/C34H30N8O5S2/c1-2-47-40-26(29(43)38-27-30(44)42-28(32(45)46)21(18-36-41-35)19-48-31(27)42)25-20-49-33(37-25)39-34(22-12-6-3-7-13-22,23-14-8-4-9-15-23)24-16-10-5-11-17-24/h3-17,20,27,31H,2,18-19H2,1H3,(H,37,39)(H,38,43)(H,45,46)/b40-26-/t27?,31-/m1/s1. The van der Waals surface area contributed by atoms with Crippen molar-refractivity contribution in [3.05, 3.63) is 140 Å². The van der Waals surface area contributed by atoms with Crippen molar-refractivity contribution in [2.75, 3.05) is 24.2 Å². The molecular weight excluding hydrogens is 665 g/mol. The summed E-state index contributed by atoms with van der Waals surface area (Å²) in [6.07, 6.45) is 0. The third-order valence-electron chi connectivity index (χ3n) is 8.02. The minimum absolute atomic E-state index is 0.138. The van der Waals surface area contributed by atoms with Gasteiger partial charge < -0.3 is 20.6 Å². The molecule has 0 bridgehead atoms. The van der Waals surface area contributed by atoms with E-state index >= 15 is 0 Å². The molecule has 2 aliphatic rings. The number of nitrogens with one attached hydrogen (secondary N) is 2. The minimum Gasteiger partial charge on any atom is -0.477 e. The number of aliphatic carboxylic acids is 1. The number of carbonyl (C=O) groups is 3. The maximum Gasteiger partial charge on any atom is 0.352 e. The highest BCUT2D eigenvalue weighted by Gasteiger charge is 2.54. The Kier molecular flexibility index (Phi) is 9.95. The summed E-state index contributed by atoms with van der Waals surface area (Å²) in [6.45, 7) is 1.73. The maximum atomic E-state index is 13.7. The molecule has 248 valence electrons. The molecule has 4 aromatic rings. The van der Waals surface area contributed by atoms with Crippen LogP contribution in [0, 0.1) is 0 Å². The Labute approximate surface area is 289 Å². The van der Waals surface area contributed by atoms with E-state index in [0.717, 1.165) is 21.6 Å². The third-order valence-corrected chi connectivity index (χ3v) is 10.1. The van der Waals surface area contributed by atoms with Gasteiger partial charge in [0.05, 0.1) is 6.54 Å². The lowest BCUT2D eigenvalue weighted by molar-refractivity contribution is -0.150. The predicted octanol–water partition coefficient (Wildman–Crippen LogP) is 5.34. The van der Waals surface area contributed by atoms with Gasteiger partial charge in [0.25, 0.3) is 11.8 Å². The summed E-state index contributed by atoms with van der Waals surface area (Å²) in [5, 5.41) is 25.3. The van der Waals surface area contributed by atoms with Crippen LogP contribution in [-0.4, -0.2) is 68.8 Å². The predicted molar refractivity (Wildman–Crippen MR) is 187 cm³/mol. The molecule has 2 atom stereocenters. The van der Waals surface area contributed by atoms with Crippen molar-refractivity contribution in [3.8, 4) is 0 Å². The van der Waals surface area contributed by atoms with Gasteiger partial charge >= 0.3 is 5.97 Å². The number of thioether (sulfide) groups is 1. The summed E-state index contributed by atoms with van der Waals surface area (Å²) in [6, 6.07) is 29.0. The van der Waals surface area contributed by atoms with Crippen LogP contribution < -0.4 is 10.6 Å². The van der Waals surface area contributed by atoms with Crippen molar-refractivity contribution in [3.63, 3.8) is 0 Å². The van der Waals surface area contributed by atoms with Gasteiger partial charge in [0.1, 0.15) is 35.0 Å². The minimum atomic E-state index is -1.31. The number of amides is 2. The van der Waals surface area contributed by atoms with Crippen LogP contribution in [0.2, 0.25) is 0 Å². The van der Waals surface area contributed by atoms with E-state index in [4.69, 9.17) is 15.4 Å². The number of benzene rings is 3. The second kappa shape index (κ2) is 14.6. The van der Waals surface area contributed by atoms with E-state index in [2.05, 4.69) is 25.8 Å². The number of hydrogen-bond donors (Lipinski definition) is 3. The Balaban J connectivity index is 1.30. The number of thiazole rings is 1. The van der Waals surface area contributed by atoms with Gasteiger partial charge in [0.15, 0.2) is 10.8 Å². The van der Waals surface area contributed by atoms with Gasteiger partial charge in [-0.2, -0.15) is 0 Å². The zero-order valence-corrected chi connectivity index (χ0v) is 27.7. The molecule has 3 N–H and O–H groups in total. The Morgan fingerprint density at radius 3 is 2.16 bits per heavy atom. The van der Waals surface area contributed by atoms with E-state index in [1.54, 1.807) is 12.3 Å². The zero-order valence-electron chi connectivity index (χ0n) is 26.1. The number of azide groups is 1. The molecule has 49 heavy (non-hydrogen) atoms. The normalized spacial score (nSPS) is 17.4. The Morgan fingerprint density at radius 2 is 1.63 bits per heavy atom. The fraction of sp³-hybridized carbons (Fsp3) is 0.206. The van der Waals surface area contributed by atoms with Gasteiger partial charge in [-0.3, -0.25) is 14.5 Å². The number of carboxylic acid groups (broad SMARTS) is 1. The number of nitrogens with zero attached hydrogens (tertiary/aromatic N) is 6. The van der Waals surface area contributed by atoms with E-state index in [-0.39, 0.29) is 36.0 Å². The van der Waals surface area contributed by atoms with Crippen LogP contribution in [-0.2, 0) is 24.8 Å². The molecule has 1 saturated heterocycles. The molecule has 1 unspecified atom stereocenters. The molecule has 13 nitrogen and oxygen atoms in total. The first-order chi connectivity index (χ1) is 23.9. The van der Waals surface area contributed by atoms with Gasteiger partial charge in [0.2, 0.25) is 0 Å². The molecule has 15 heteroatoms. The van der Waals surface area contributed by atoms with Crippen LogP contribution in [0.5, 0.6) is 0 Å². The molecule has 2 amide bonds. The first-order valence-corrected chi connectivity index (χ1v) is 17.1. The van der Waals surface area contributed by atoms with Crippen molar-refractivity contribution in [2.24, 2.45) is 10.3 Å². The topological polar surface area (TPSA) is 182 Å². The first kappa shape index (κ1) is 33.3. The lowest BCUT2D eigenvalue weighted by atomic mass is 9.77. The molecule has 0 saturated carbocycles. The highest BCUT2D eigenvalue weighted by molar-refractivity contribution is 8.00. The molecular formula is C34H30N8O5S2. The quantitative estimate of drug-likeness (QED) is 0.0319. The molecule has 0 spiro atoms. The van der Waals surface area contributed by atoms with E-state index in [0.29, 0.717) is 10.7 Å². The highest BCUT2D eigenvalue weighted by atomic mass is 32.2. The summed E-state index contributed by atoms with van der Waals surface area (Å²) in [5.74, 6) is -2.40. The maximum absolute atomic E-state index is 13.7. The molecule has 6 rings (SSSR count). The van der Waals surface area contributed by atoms with Crippen LogP contribution in [0.15, 0.2) is 118 Å². The van der Waals surface area contributed by atoms with E-state index < -0.39 is 34.7 Å². The number of rotatable bonds is 13. The monoisotopic (exact) mass is 694 g/mol. The number of oxime groups is 1. The first-order valence-electron chi connectivity index (χ1n) is 15.2. The molecule has 0 aliphatic carbocycles. The Hall–Kier alpha value is -5.63. The SMILES string of the molecule is CCO/N=C(\C(=O)NC1C(=O)N2C(C(=O)O)=C(CN=[N+]=[N-])CS[C@H]12)c1csc(NC(c2ccccc2)(c2ccccc2)c2ccccc2)n1. The number of anilines is 1. The zero-order chi connectivity index (χ0) is 34.4. The second-order valence-electron chi connectivity index (χ2n) is 10.9. The van der Waals surface area contributed by atoms with Gasteiger partial charge in [-0.1, -0.05) is 101 Å². The Morgan fingerprint density at radius 1 is 1.04 bits per heavy atom. The average Bonchev–Trinajstić information content (AvgIpc) is 3.60. The number of carboxylic acids is 1. The van der Waals surface area contributed by atoms with Gasteiger partial charge in [-0.25, -0.2) is 9.78 Å². The van der Waals surface area contributed by atoms with Gasteiger partial charge in [-0.15, -0.1) is 23.1 Å². The molecule has 1 aromatic heterocycles. The number of aromatic nitrogens is 1. The van der Waals surface area contributed by atoms with Crippen molar-refractivity contribution >= 4 is 51.7 Å². The molecule has 3 heterocycles. The summed E-state index contributed by atoms with van der Waals surface area (Å²) >= 11 is 2.55. The fourth-order valence-electron chi connectivity index (χ4n) is 5.85. The summed E-state index contributed by atoms with van der Waals surface area (Å²) in [7, 11) is 0. The van der Waals surface area contributed by atoms with Gasteiger partial charge in [-0.05, 0) is 34.7 Å². The van der Waals surface area contributed by atoms with E-state index in [1.807, 2.05) is 91.0 Å². The largest absolute Gasteiger partial charge is 0.477 e. The number of β-lactam (4-membered cyclic amide) rings is 1. The van der Waals surface area contributed by atoms with Crippen LogP contribution >= 0.6 is 23.1 Å². The number of hydrogen-bond acceptors (Lipinski definition) is 10. The summed E-state index contributed by atoms with van der Waals surface area (Å²) in [4.78, 5) is 52.9. The van der Waals surface area contributed by atoms with Crippen molar-refractivity contribution in [1.82, 2.24) is 15.2 Å². The van der Waals surface area contributed by atoms with Crippen LogP contribution in [0.3, 0.4) is 0 Å². The van der Waals surface area contributed by atoms with Crippen LogP contribution in [0.1, 0.15) is 29.3 Å². The molecule has 2 aliphatic heterocycles. The molecule has 3 aromatic carbocycles. The summed E-state index contributed by atoms with van der Waals surface area (Å²) < 4.78 is 0. The lowest BCUT2D eigenvalue weighted by Crippen LogP contribution is -2.71. The smallest absolute Gasteiger partial charge is 0.352 e. The van der Waals surface area contributed by atoms with Crippen molar-refractivity contribution < 1.29 is 24.3 Å². The van der Waals surface area contributed by atoms with E-state index in [9.17, 15) is 19.5 Å². The fourth-order valence-corrected chi connectivity index (χ4v) is 7.93. The van der Waals surface area contributed by atoms with Gasteiger partial charge in [0, 0.05) is 16.0 Å². The van der Waals surface area contributed by atoms with Crippen molar-refractivity contribution in [1.29, 1.82) is 0 Å².